The Hall–Kier alpha value is -1.58. The van der Waals surface area contributed by atoms with Crippen molar-refractivity contribution in [2.24, 2.45) is 0 Å². The monoisotopic (exact) mass is 181 g/mol. The van der Waals surface area contributed by atoms with Gasteiger partial charge in [0.1, 0.15) is 5.75 Å². The van der Waals surface area contributed by atoms with Crippen molar-refractivity contribution in [3.8, 4) is 5.75 Å². The minimum atomic E-state index is -0.888. The number of aromatic nitrogens is 1. The first-order chi connectivity index (χ1) is 6.15. The Balaban J connectivity index is 2.94. The molecule has 0 fully saturated rings. The van der Waals surface area contributed by atoms with Crippen molar-refractivity contribution in [1.82, 2.24) is 4.98 Å². The highest BCUT2D eigenvalue weighted by Gasteiger charge is 2.15. The van der Waals surface area contributed by atoms with Crippen molar-refractivity contribution in [3.63, 3.8) is 0 Å². The molecule has 0 spiro atoms. The molecule has 0 saturated heterocycles. The molecule has 0 radical (unpaired) electrons. The third-order valence-electron chi connectivity index (χ3n) is 1.80. The average Bonchev–Trinajstić information content (AvgIpc) is 2.16. The summed E-state index contributed by atoms with van der Waals surface area (Å²) >= 11 is 0. The number of carbonyl (C=O) groups is 1. The molecular formula is C9H11NO3. The van der Waals surface area contributed by atoms with Crippen molar-refractivity contribution in [2.75, 3.05) is 7.11 Å². The van der Waals surface area contributed by atoms with E-state index in [1.807, 2.05) is 0 Å². The van der Waals surface area contributed by atoms with E-state index in [0.29, 0.717) is 11.4 Å². The molecule has 0 aliphatic rings. The van der Waals surface area contributed by atoms with Crippen LogP contribution in [0.4, 0.5) is 0 Å². The smallest absolute Gasteiger partial charge is 0.312 e. The van der Waals surface area contributed by atoms with Gasteiger partial charge in [-0.3, -0.25) is 9.78 Å². The Kier molecular flexibility index (Phi) is 2.84. The summed E-state index contributed by atoms with van der Waals surface area (Å²) in [5.74, 6) is -0.867. The van der Waals surface area contributed by atoms with Gasteiger partial charge in [-0.15, -0.1) is 0 Å². The van der Waals surface area contributed by atoms with Crippen molar-refractivity contribution in [1.29, 1.82) is 0 Å². The van der Waals surface area contributed by atoms with E-state index in [1.54, 1.807) is 19.1 Å². The maximum atomic E-state index is 10.6. The SMILES string of the molecule is COc1ccnc([C@H](C)C(=O)O)c1. The lowest BCUT2D eigenvalue weighted by molar-refractivity contribution is -0.138. The van der Waals surface area contributed by atoms with E-state index in [9.17, 15) is 4.79 Å². The number of hydrogen-bond acceptors (Lipinski definition) is 3. The summed E-state index contributed by atoms with van der Waals surface area (Å²) in [5.41, 5.74) is 0.506. The highest BCUT2D eigenvalue weighted by atomic mass is 16.5. The lowest BCUT2D eigenvalue weighted by Crippen LogP contribution is -2.09. The second-order valence-corrected chi connectivity index (χ2v) is 2.68. The Morgan fingerprint density at radius 1 is 1.69 bits per heavy atom. The number of pyridine rings is 1. The zero-order chi connectivity index (χ0) is 9.84. The molecule has 4 nitrogen and oxygen atoms in total. The van der Waals surface area contributed by atoms with E-state index in [2.05, 4.69) is 4.98 Å². The number of carboxylic acids is 1. The van der Waals surface area contributed by atoms with E-state index in [1.165, 1.54) is 13.3 Å². The van der Waals surface area contributed by atoms with Gasteiger partial charge in [-0.2, -0.15) is 0 Å². The number of rotatable bonds is 3. The molecule has 1 aromatic rings. The lowest BCUT2D eigenvalue weighted by Gasteiger charge is -2.06. The number of carboxylic acid groups (broad SMARTS) is 1. The fourth-order valence-electron chi connectivity index (χ4n) is 0.918. The molecule has 0 bridgehead atoms. The molecule has 70 valence electrons. The summed E-state index contributed by atoms with van der Waals surface area (Å²) in [6.07, 6.45) is 1.54. The van der Waals surface area contributed by atoms with Gasteiger partial charge in [0.05, 0.1) is 18.7 Å². The van der Waals surface area contributed by atoms with Gasteiger partial charge in [0.15, 0.2) is 0 Å². The van der Waals surface area contributed by atoms with Gasteiger partial charge >= 0.3 is 5.97 Å². The van der Waals surface area contributed by atoms with Crippen LogP contribution in [0.2, 0.25) is 0 Å². The maximum Gasteiger partial charge on any atom is 0.312 e. The average molecular weight is 181 g/mol. The van der Waals surface area contributed by atoms with Crippen LogP contribution < -0.4 is 4.74 Å². The van der Waals surface area contributed by atoms with Crippen LogP contribution in [0.3, 0.4) is 0 Å². The van der Waals surface area contributed by atoms with E-state index in [4.69, 9.17) is 9.84 Å². The topological polar surface area (TPSA) is 59.4 Å². The van der Waals surface area contributed by atoms with E-state index < -0.39 is 11.9 Å². The standard InChI is InChI=1S/C9H11NO3/c1-6(9(11)12)8-5-7(13-2)3-4-10-8/h3-6H,1-2H3,(H,11,12)/t6-/m0/s1. The molecule has 0 aliphatic heterocycles. The molecule has 1 atom stereocenters. The summed E-state index contributed by atoms with van der Waals surface area (Å²) < 4.78 is 4.95. The normalized spacial score (nSPS) is 12.2. The largest absolute Gasteiger partial charge is 0.497 e. The number of aliphatic carboxylic acids is 1. The second kappa shape index (κ2) is 3.89. The highest BCUT2D eigenvalue weighted by Crippen LogP contribution is 2.17. The van der Waals surface area contributed by atoms with Crippen LogP contribution >= 0.6 is 0 Å². The molecule has 1 heterocycles. The molecule has 0 aliphatic carbocycles. The molecule has 13 heavy (non-hydrogen) atoms. The van der Waals surface area contributed by atoms with Crippen LogP contribution in [0.1, 0.15) is 18.5 Å². The Bertz CT molecular complexity index is 311. The summed E-state index contributed by atoms with van der Waals surface area (Å²) in [5, 5.41) is 8.72. The van der Waals surface area contributed by atoms with Crippen LogP contribution in [0, 0.1) is 0 Å². The Labute approximate surface area is 76.2 Å². The zero-order valence-corrected chi connectivity index (χ0v) is 7.52. The molecule has 0 amide bonds. The van der Waals surface area contributed by atoms with Gasteiger partial charge in [0.2, 0.25) is 0 Å². The summed E-state index contributed by atoms with van der Waals surface area (Å²) in [4.78, 5) is 14.6. The summed E-state index contributed by atoms with van der Waals surface area (Å²) in [6.45, 7) is 1.59. The lowest BCUT2D eigenvalue weighted by atomic mass is 10.1. The molecule has 1 N–H and O–H groups in total. The minimum absolute atomic E-state index is 0.506. The van der Waals surface area contributed by atoms with Crippen LogP contribution in [-0.2, 0) is 4.79 Å². The van der Waals surface area contributed by atoms with Crippen molar-refractivity contribution < 1.29 is 14.6 Å². The Morgan fingerprint density at radius 3 is 2.92 bits per heavy atom. The first kappa shape index (κ1) is 9.51. The molecule has 0 unspecified atom stereocenters. The maximum absolute atomic E-state index is 10.6. The fraction of sp³-hybridized carbons (Fsp3) is 0.333. The zero-order valence-electron chi connectivity index (χ0n) is 7.52. The number of methoxy groups -OCH3 is 1. The Morgan fingerprint density at radius 2 is 2.38 bits per heavy atom. The quantitative estimate of drug-likeness (QED) is 0.763. The van der Waals surface area contributed by atoms with Crippen molar-refractivity contribution in [3.05, 3.63) is 24.0 Å². The number of ether oxygens (including phenoxy) is 1. The highest BCUT2D eigenvalue weighted by molar-refractivity contribution is 5.74. The fourth-order valence-corrected chi connectivity index (χ4v) is 0.918. The second-order valence-electron chi connectivity index (χ2n) is 2.68. The predicted octanol–water partition coefficient (Wildman–Crippen LogP) is 1.28. The molecule has 4 heteroatoms. The number of hydrogen-bond donors (Lipinski definition) is 1. The van der Waals surface area contributed by atoms with E-state index in [-0.39, 0.29) is 0 Å². The first-order valence-electron chi connectivity index (χ1n) is 3.88. The molecule has 1 aromatic heterocycles. The minimum Gasteiger partial charge on any atom is -0.497 e. The van der Waals surface area contributed by atoms with Crippen LogP contribution in [0.25, 0.3) is 0 Å². The van der Waals surface area contributed by atoms with E-state index >= 15 is 0 Å². The third-order valence-corrected chi connectivity index (χ3v) is 1.80. The molecule has 1 rings (SSSR count). The predicted molar refractivity (Wildman–Crippen MR) is 46.8 cm³/mol. The van der Waals surface area contributed by atoms with Crippen LogP contribution in [0.5, 0.6) is 5.75 Å². The van der Waals surface area contributed by atoms with Crippen LogP contribution in [0.15, 0.2) is 18.3 Å². The van der Waals surface area contributed by atoms with Gasteiger partial charge in [-0.1, -0.05) is 0 Å². The van der Waals surface area contributed by atoms with E-state index in [0.717, 1.165) is 0 Å². The van der Waals surface area contributed by atoms with Crippen LogP contribution in [-0.4, -0.2) is 23.2 Å². The number of nitrogens with zero attached hydrogens (tertiary/aromatic N) is 1. The van der Waals surface area contributed by atoms with Gasteiger partial charge in [-0.05, 0) is 13.0 Å². The summed E-state index contributed by atoms with van der Waals surface area (Å²) in [6, 6.07) is 3.30. The van der Waals surface area contributed by atoms with Crippen molar-refractivity contribution >= 4 is 5.97 Å². The molecule has 0 aromatic carbocycles. The summed E-state index contributed by atoms with van der Waals surface area (Å²) in [7, 11) is 1.53. The molecule has 0 saturated carbocycles. The third kappa shape index (κ3) is 2.18. The van der Waals surface area contributed by atoms with Gasteiger partial charge in [0.25, 0.3) is 0 Å². The first-order valence-corrected chi connectivity index (χ1v) is 3.88. The molecular weight excluding hydrogens is 170 g/mol. The van der Waals surface area contributed by atoms with Crippen molar-refractivity contribution in [2.45, 2.75) is 12.8 Å². The van der Waals surface area contributed by atoms with Gasteiger partial charge in [0, 0.05) is 12.3 Å². The van der Waals surface area contributed by atoms with Gasteiger partial charge in [-0.25, -0.2) is 0 Å². The van der Waals surface area contributed by atoms with Gasteiger partial charge < -0.3 is 9.84 Å².